The number of methoxy groups -OCH3 is 1. The average Bonchev–Trinajstić information content (AvgIpc) is 2.63. The summed E-state index contributed by atoms with van der Waals surface area (Å²) in [7, 11) is 1.65. The van der Waals surface area contributed by atoms with Crippen LogP contribution in [0.25, 0.3) is 0 Å². The summed E-state index contributed by atoms with van der Waals surface area (Å²) in [5, 5.41) is 2.94. The fourth-order valence-corrected chi connectivity index (χ4v) is 2.90. The first-order valence-electron chi connectivity index (χ1n) is 8.84. The first kappa shape index (κ1) is 19.2. The van der Waals surface area contributed by atoms with Crippen LogP contribution in [0.2, 0.25) is 0 Å². The minimum absolute atomic E-state index is 0.00992. The quantitative estimate of drug-likeness (QED) is 0.727. The molecule has 0 unspecified atom stereocenters. The molecule has 1 fully saturated rings. The number of hydrogen-bond donors (Lipinski definition) is 1. The lowest BCUT2D eigenvalue weighted by atomic mass is 9.96. The molecule has 0 aliphatic carbocycles. The SMILES string of the molecule is COCCCNC(=O)C1CCN(C(=O)COc2cccc(C)c2)CC1. The van der Waals surface area contributed by atoms with Crippen LogP contribution in [0.15, 0.2) is 24.3 Å². The van der Waals surface area contributed by atoms with Gasteiger partial charge < -0.3 is 19.7 Å². The first-order valence-corrected chi connectivity index (χ1v) is 8.84. The summed E-state index contributed by atoms with van der Waals surface area (Å²) in [6.07, 6.45) is 2.22. The van der Waals surface area contributed by atoms with Gasteiger partial charge in [0.05, 0.1) is 0 Å². The van der Waals surface area contributed by atoms with Crippen molar-refractivity contribution in [1.29, 1.82) is 0 Å². The molecule has 0 aromatic heterocycles. The Kier molecular flexibility index (Phi) is 7.73. The Labute approximate surface area is 149 Å². The third kappa shape index (κ3) is 6.38. The van der Waals surface area contributed by atoms with Gasteiger partial charge in [-0.05, 0) is 43.9 Å². The normalized spacial score (nSPS) is 15.0. The van der Waals surface area contributed by atoms with Crippen molar-refractivity contribution in [3.05, 3.63) is 29.8 Å². The molecule has 1 aliphatic rings. The van der Waals surface area contributed by atoms with Crippen LogP contribution in [-0.2, 0) is 14.3 Å². The molecule has 0 spiro atoms. The lowest BCUT2D eigenvalue weighted by Crippen LogP contribution is -2.44. The topological polar surface area (TPSA) is 67.9 Å². The number of carbonyl (C=O) groups is 2. The Hall–Kier alpha value is -2.08. The number of nitrogens with one attached hydrogen (secondary N) is 1. The van der Waals surface area contributed by atoms with E-state index in [1.165, 1.54) is 0 Å². The average molecular weight is 348 g/mol. The van der Waals surface area contributed by atoms with Gasteiger partial charge in [0, 0.05) is 39.3 Å². The fraction of sp³-hybridized carbons (Fsp3) is 0.579. The number of amides is 2. The minimum atomic E-state index is -0.0274. The van der Waals surface area contributed by atoms with Crippen molar-refractivity contribution in [1.82, 2.24) is 10.2 Å². The van der Waals surface area contributed by atoms with Gasteiger partial charge in [0.25, 0.3) is 5.91 Å². The van der Waals surface area contributed by atoms with Crippen LogP contribution in [0.3, 0.4) is 0 Å². The molecular weight excluding hydrogens is 320 g/mol. The summed E-state index contributed by atoms with van der Waals surface area (Å²) >= 11 is 0. The number of hydrogen-bond acceptors (Lipinski definition) is 4. The maximum atomic E-state index is 12.3. The van der Waals surface area contributed by atoms with Crippen LogP contribution in [0.4, 0.5) is 0 Å². The number of likely N-dealkylation sites (tertiary alicyclic amines) is 1. The minimum Gasteiger partial charge on any atom is -0.484 e. The largest absolute Gasteiger partial charge is 0.484 e. The molecular formula is C19H28N2O4. The Balaban J connectivity index is 1.68. The highest BCUT2D eigenvalue weighted by molar-refractivity contribution is 5.80. The van der Waals surface area contributed by atoms with Gasteiger partial charge in [0.2, 0.25) is 5.91 Å². The number of aryl methyl sites for hydroxylation is 1. The third-order valence-corrected chi connectivity index (χ3v) is 4.39. The number of piperidine rings is 1. The van der Waals surface area contributed by atoms with Crippen LogP contribution >= 0.6 is 0 Å². The molecule has 6 nitrogen and oxygen atoms in total. The van der Waals surface area contributed by atoms with E-state index < -0.39 is 0 Å². The molecule has 0 saturated carbocycles. The van der Waals surface area contributed by atoms with Crippen LogP contribution < -0.4 is 10.1 Å². The molecule has 2 amide bonds. The predicted molar refractivity (Wildman–Crippen MR) is 95.5 cm³/mol. The lowest BCUT2D eigenvalue weighted by Gasteiger charge is -2.31. The first-order chi connectivity index (χ1) is 12.1. The van der Waals surface area contributed by atoms with E-state index in [-0.39, 0.29) is 24.3 Å². The van der Waals surface area contributed by atoms with Gasteiger partial charge in [0.15, 0.2) is 6.61 Å². The molecule has 138 valence electrons. The van der Waals surface area contributed by atoms with E-state index >= 15 is 0 Å². The zero-order valence-corrected chi connectivity index (χ0v) is 15.1. The van der Waals surface area contributed by atoms with Crippen molar-refractivity contribution < 1.29 is 19.1 Å². The third-order valence-electron chi connectivity index (χ3n) is 4.39. The molecule has 1 aromatic carbocycles. The van der Waals surface area contributed by atoms with Gasteiger partial charge in [-0.15, -0.1) is 0 Å². The fourth-order valence-electron chi connectivity index (χ4n) is 2.90. The Bertz CT molecular complexity index is 568. The van der Waals surface area contributed by atoms with Gasteiger partial charge in [-0.1, -0.05) is 12.1 Å². The van der Waals surface area contributed by atoms with E-state index in [1.54, 1.807) is 12.0 Å². The van der Waals surface area contributed by atoms with Crippen molar-refractivity contribution in [3.8, 4) is 5.75 Å². The summed E-state index contributed by atoms with van der Waals surface area (Å²) in [5.41, 5.74) is 1.10. The van der Waals surface area contributed by atoms with Gasteiger partial charge >= 0.3 is 0 Å². The molecule has 6 heteroatoms. The van der Waals surface area contributed by atoms with Crippen molar-refractivity contribution in [2.45, 2.75) is 26.2 Å². The Morgan fingerprint density at radius 2 is 2.04 bits per heavy atom. The van der Waals surface area contributed by atoms with Crippen molar-refractivity contribution in [2.24, 2.45) is 5.92 Å². The molecule has 25 heavy (non-hydrogen) atoms. The highest BCUT2D eigenvalue weighted by atomic mass is 16.5. The van der Waals surface area contributed by atoms with E-state index in [0.29, 0.717) is 44.8 Å². The van der Waals surface area contributed by atoms with Crippen LogP contribution in [-0.4, -0.2) is 56.7 Å². The summed E-state index contributed by atoms with van der Waals surface area (Å²) in [6.45, 7) is 4.51. The second kappa shape index (κ2) is 10.0. The van der Waals surface area contributed by atoms with Gasteiger partial charge in [-0.3, -0.25) is 9.59 Å². The second-order valence-electron chi connectivity index (χ2n) is 6.40. The summed E-state index contributed by atoms with van der Waals surface area (Å²) in [4.78, 5) is 26.1. The highest BCUT2D eigenvalue weighted by Gasteiger charge is 2.27. The van der Waals surface area contributed by atoms with E-state index in [4.69, 9.17) is 9.47 Å². The monoisotopic (exact) mass is 348 g/mol. The summed E-state index contributed by atoms with van der Waals surface area (Å²) in [6, 6.07) is 7.65. The molecule has 0 bridgehead atoms. The zero-order valence-electron chi connectivity index (χ0n) is 15.1. The van der Waals surface area contributed by atoms with E-state index in [0.717, 1.165) is 12.0 Å². The van der Waals surface area contributed by atoms with Gasteiger partial charge in [-0.25, -0.2) is 0 Å². The summed E-state index contributed by atoms with van der Waals surface area (Å²) in [5.74, 6) is 0.752. The number of nitrogens with zero attached hydrogens (tertiary/aromatic N) is 1. The zero-order chi connectivity index (χ0) is 18.1. The lowest BCUT2D eigenvalue weighted by molar-refractivity contribution is -0.137. The van der Waals surface area contributed by atoms with Crippen LogP contribution in [0.1, 0.15) is 24.8 Å². The number of rotatable bonds is 8. The molecule has 1 N–H and O–H groups in total. The predicted octanol–water partition coefficient (Wildman–Crippen LogP) is 1.77. The number of benzene rings is 1. The smallest absolute Gasteiger partial charge is 0.260 e. The highest BCUT2D eigenvalue weighted by Crippen LogP contribution is 2.18. The molecule has 0 atom stereocenters. The Morgan fingerprint density at radius 1 is 1.28 bits per heavy atom. The maximum absolute atomic E-state index is 12.3. The van der Waals surface area contributed by atoms with Gasteiger partial charge in [-0.2, -0.15) is 0 Å². The Morgan fingerprint density at radius 3 is 2.72 bits per heavy atom. The number of ether oxygens (including phenoxy) is 2. The van der Waals surface area contributed by atoms with Gasteiger partial charge in [0.1, 0.15) is 5.75 Å². The standard InChI is InChI=1S/C19H28N2O4/c1-15-5-3-6-17(13-15)25-14-18(22)21-10-7-16(8-11-21)19(23)20-9-4-12-24-2/h3,5-6,13,16H,4,7-12,14H2,1-2H3,(H,20,23). The molecule has 1 aromatic rings. The molecule has 0 radical (unpaired) electrons. The number of carbonyl (C=O) groups excluding carboxylic acids is 2. The van der Waals surface area contributed by atoms with Crippen LogP contribution in [0, 0.1) is 12.8 Å². The van der Waals surface area contributed by atoms with Crippen molar-refractivity contribution in [2.75, 3.05) is 40.0 Å². The van der Waals surface area contributed by atoms with E-state index in [2.05, 4.69) is 5.32 Å². The van der Waals surface area contributed by atoms with Crippen molar-refractivity contribution in [3.63, 3.8) is 0 Å². The van der Waals surface area contributed by atoms with E-state index in [1.807, 2.05) is 31.2 Å². The van der Waals surface area contributed by atoms with E-state index in [9.17, 15) is 9.59 Å². The molecule has 2 rings (SSSR count). The molecule has 1 aliphatic heterocycles. The van der Waals surface area contributed by atoms with Crippen LogP contribution in [0.5, 0.6) is 5.75 Å². The van der Waals surface area contributed by atoms with Crippen molar-refractivity contribution >= 4 is 11.8 Å². The second-order valence-corrected chi connectivity index (χ2v) is 6.40. The molecule has 1 heterocycles. The molecule has 1 saturated heterocycles. The maximum Gasteiger partial charge on any atom is 0.260 e. The summed E-state index contributed by atoms with van der Waals surface area (Å²) < 4.78 is 10.5.